The zero-order valence-electron chi connectivity index (χ0n) is 31.0. The molecule has 0 unspecified atom stereocenters. The van der Waals surface area contributed by atoms with Gasteiger partial charge in [-0.3, -0.25) is 19.4 Å². The molecular weight excluding hydrogens is 808 g/mol. The van der Waals surface area contributed by atoms with Crippen LogP contribution in [0.2, 0.25) is 0 Å². The maximum Gasteiger partial charge on any atom is 0.278 e. The average Bonchev–Trinajstić information content (AvgIpc) is 3.61. The molecule has 0 saturated heterocycles. The van der Waals surface area contributed by atoms with E-state index in [1.807, 2.05) is 137 Å². The second-order valence-electron chi connectivity index (χ2n) is 13.7. The van der Waals surface area contributed by atoms with E-state index in [0.717, 1.165) is 68.4 Å². The molecule has 0 atom stereocenters. The van der Waals surface area contributed by atoms with Gasteiger partial charge in [0.05, 0.1) is 12.2 Å². The van der Waals surface area contributed by atoms with Crippen LogP contribution in [0.25, 0.3) is 12.2 Å². The number of hydrogen-bond acceptors (Lipinski definition) is 6. The summed E-state index contributed by atoms with van der Waals surface area (Å²) in [4.78, 5) is 40.8. The zero-order chi connectivity index (χ0) is 38.2. The topological polar surface area (TPSA) is 83.8 Å². The van der Waals surface area contributed by atoms with Crippen molar-refractivity contribution in [1.29, 1.82) is 0 Å². The Kier molecular flexibility index (Phi) is 13.0. The summed E-state index contributed by atoms with van der Waals surface area (Å²) in [5, 5.41) is 0. The molecule has 2 aliphatic rings. The quantitative estimate of drug-likeness (QED) is 0.0881. The largest absolute Gasteiger partial charge is 0.491 e. The van der Waals surface area contributed by atoms with Crippen molar-refractivity contribution < 1.29 is 19.1 Å². The average molecular weight is 853 g/mol. The summed E-state index contributed by atoms with van der Waals surface area (Å²) in [6.45, 7) is 9.01. The van der Waals surface area contributed by atoms with E-state index in [2.05, 4.69) is 31.9 Å². The van der Waals surface area contributed by atoms with Gasteiger partial charge in [0.25, 0.3) is 11.8 Å². The smallest absolute Gasteiger partial charge is 0.278 e. The van der Waals surface area contributed by atoms with Crippen LogP contribution in [0.15, 0.2) is 127 Å². The van der Waals surface area contributed by atoms with Crippen LogP contribution in [0.1, 0.15) is 75.6 Å². The van der Waals surface area contributed by atoms with Crippen molar-refractivity contribution in [2.24, 2.45) is 9.98 Å². The molecule has 10 heteroatoms. The number of ether oxygens (including phenoxy) is 2. The Labute approximate surface area is 334 Å². The SMILES string of the molecule is CC(C)Oc1ccc(C=C2N=C(c3ccccc3Br)N(CCCCCCN3C(=O)C(=Cc4ccc(OC(C)C)cc4)N=C3c3ccccc3Br)C2=O)cc1. The molecule has 0 radical (unpaired) electrons. The fourth-order valence-electron chi connectivity index (χ4n) is 6.25. The Balaban J connectivity index is 1.10. The van der Waals surface area contributed by atoms with Crippen LogP contribution in [-0.4, -0.2) is 58.6 Å². The van der Waals surface area contributed by atoms with Crippen molar-refractivity contribution >= 4 is 67.5 Å². The monoisotopic (exact) mass is 850 g/mol. The first-order valence-corrected chi connectivity index (χ1v) is 19.9. The molecule has 8 nitrogen and oxygen atoms in total. The minimum atomic E-state index is -0.124. The minimum absolute atomic E-state index is 0.0799. The third-order valence-electron chi connectivity index (χ3n) is 8.75. The molecule has 4 aromatic carbocycles. The van der Waals surface area contributed by atoms with Crippen LogP contribution < -0.4 is 9.47 Å². The third-order valence-corrected chi connectivity index (χ3v) is 10.1. The number of carbonyl (C=O) groups excluding carboxylic acids is 2. The molecule has 0 bridgehead atoms. The second kappa shape index (κ2) is 18.0. The molecule has 54 heavy (non-hydrogen) atoms. The lowest BCUT2D eigenvalue weighted by Gasteiger charge is -2.20. The van der Waals surface area contributed by atoms with Crippen molar-refractivity contribution in [3.63, 3.8) is 0 Å². The summed E-state index contributed by atoms with van der Waals surface area (Å²) < 4.78 is 13.3. The maximum atomic E-state index is 13.8. The highest BCUT2D eigenvalue weighted by Crippen LogP contribution is 2.29. The van der Waals surface area contributed by atoms with E-state index in [4.69, 9.17) is 19.5 Å². The predicted octanol–water partition coefficient (Wildman–Crippen LogP) is 10.3. The molecule has 0 fully saturated rings. The highest BCUT2D eigenvalue weighted by atomic mass is 79.9. The van der Waals surface area contributed by atoms with E-state index in [-0.39, 0.29) is 24.0 Å². The minimum Gasteiger partial charge on any atom is -0.491 e. The van der Waals surface area contributed by atoms with E-state index >= 15 is 0 Å². The number of halogens is 2. The van der Waals surface area contributed by atoms with E-state index in [0.29, 0.717) is 36.2 Å². The molecule has 2 amide bonds. The summed E-state index contributed by atoms with van der Waals surface area (Å²) in [6, 6.07) is 31.0. The lowest BCUT2D eigenvalue weighted by Crippen LogP contribution is -2.34. The van der Waals surface area contributed by atoms with Gasteiger partial charge in [-0.25, -0.2) is 9.98 Å². The van der Waals surface area contributed by atoms with Gasteiger partial charge in [0, 0.05) is 33.2 Å². The Morgan fingerprint density at radius 3 is 1.28 bits per heavy atom. The molecule has 6 rings (SSSR count). The number of rotatable bonds is 15. The van der Waals surface area contributed by atoms with Gasteiger partial charge in [0.1, 0.15) is 34.6 Å². The van der Waals surface area contributed by atoms with Gasteiger partial charge in [0.15, 0.2) is 0 Å². The van der Waals surface area contributed by atoms with E-state index in [1.165, 1.54) is 0 Å². The van der Waals surface area contributed by atoms with Crippen molar-refractivity contribution in [3.05, 3.63) is 140 Å². The molecule has 278 valence electrons. The zero-order valence-corrected chi connectivity index (χ0v) is 34.1. The van der Waals surface area contributed by atoms with Crippen LogP contribution in [0.4, 0.5) is 0 Å². The van der Waals surface area contributed by atoms with Crippen LogP contribution in [0.5, 0.6) is 11.5 Å². The summed E-state index contributed by atoms with van der Waals surface area (Å²) in [6.07, 6.45) is 7.13. The van der Waals surface area contributed by atoms with Crippen LogP contribution in [0.3, 0.4) is 0 Å². The standard InChI is InChI=1S/C44H44Br2N4O4/c1-29(2)53-33-21-17-31(18-22-33)27-39-43(51)49(41(47-39)35-13-7-9-15-37(35)45)25-11-5-6-12-26-50-42(36-14-8-10-16-38(36)46)48-40(44(50)52)28-32-19-23-34(24-20-32)54-30(3)4/h7-10,13-24,27-30H,5-6,11-12,25-26H2,1-4H3. The van der Waals surface area contributed by atoms with Crippen molar-refractivity contribution in [2.45, 2.75) is 65.6 Å². The second-order valence-corrected chi connectivity index (χ2v) is 15.4. The number of carbonyl (C=O) groups is 2. The summed E-state index contributed by atoms with van der Waals surface area (Å²) >= 11 is 7.32. The van der Waals surface area contributed by atoms with Gasteiger partial charge in [0.2, 0.25) is 0 Å². The number of hydrogen-bond donors (Lipinski definition) is 0. The van der Waals surface area contributed by atoms with Crippen LogP contribution >= 0.6 is 31.9 Å². The van der Waals surface area contributed by atoms with Crippen molar-refractivity contribution in [3.8, 4) is 11.5 Å². The molecule has 0 aromatic heterocycles. The fraction of sp³-hybridized carbons (Fsp3) is 0.273. The molecular formula is C44H44Br2N4O4. The van der Waals surface area contributed by atoms with Crippen molar-refractivity contribution in [1.82, 2.24) is 9.80 Å². The van der Waals surface area contributed by atoms with E-state index in [9.17, 15) is 9.59 Å². The highest BCUT2D eigenvalue weighted by Gasteiger charge is 2.33. The first-order valence-electron chi connectivity index (χ1n) is 18.3. The van der Waals surface area contributed by atoms with Gasteiger partial charge in [-0.15, -0.1) is 0 Å². The molecule has 0 saturated carbocycles. The van der Waals surface area contributed by atoms with Gasteiger partial charge in [-0.05, 0) is 100 Å². The number of aliphatic imine (C=N–C) groups is 2. The van der Waals surface area contributed by atoms with Gasteiger partial charge >= 0.3 is 0 Å². The lowest BCUT2D eigenvalue weighted by atomic mass is 10.1. The number of unbranched alkanes of at least 4 members (excludes halogenated alkanes) is 3. The summed E-state index contributed by atoms with van der Waals surface area (Å²) in [5.74, 6) is 2.59. The number of amides is 2. The van der Waals surface area contributed by atoms with Crippen LogP contribution in [0, 0.1) is 0 Å². The molecule has 0 N–H and O–H groups in total. The Bertz CT molecular complexity index is 1950. The van der Waals surface area contributed by atoms with Gasteiger partial charge in [-0.1, -0.05) is 105 Å². The lowest BCUT2D eigenvalue weighted by molar-refractivity contribution is -0.123. The normalized spacial score (nSPS) is 15.9. The first kappa shape index (κ1) is 38.9. The summed E-state index contributed by atoms with van der Waals surface area (Å²) in [5.41, 5.74) is 4.28. The fourth-order valence-corrected chi connectivity index (χ4v) is 7.18. The Morgan fingerprint density at radius 2 is 0.926 bits per heavy atom. The van der Waals surface area contributed by atoms with E-state index < -0.39 is 0 Å². The third kappa shape index (κ3) is 9.65. The Hall–Kier alpha value is -4.80. The molecule has 0 spiro atoms. The molecule has 0 aliphatic carbocycles. The number of amidine groups is 2. The summed E-state index contributed by atoms with van der Waals surface area (Å²) in [7, 11) is 0. The van der Waals surface area contributed by atoms with Gasteiger partial charge in [-0.2, -0.15) is 0 Å². The number of nitrogens with zero attached hydrogens (tertiary/aromatic N) is 4. The highest BCUT2D eigenvalue weighted by molar-refractivity contribution is 9.10. The van der Waals surface area contributed by atoms with E-state index in [1.54, 1.807) is 9.80 Å². The van der Waals surface area contributed by atoms with Crippen molar-refractivity contribution in [2.75, 3.05) is 13.1 Å². The first-order chi connectivity index (χ1) is 26.1. The van der Waals surface area contributed by atoms with Gasteiger partial charge < -0.3 is 9.47 Å². The Morgan fingerprint density at radius 1 is 0.556 bits per heavy atom. The maximum absolute atomic E-state index is 13.8. The molecule has 2 heterocycles. The molecule has 2 aliphatic heterocycles. The number of benzene rings is 4. The molecule has 4 aromatic rings. The van der Waals surface area contributed by atoms with Crippen LogP contribution in [-0.2, 0) is 9.59 Å². The predicted molar refractivity (Wildman–Crippen MR) is 224 cm³/mol.